The molecule has 3 rings (SSSR count). The Morgan fingerprint density at radius 1 is 1.19 bits per heavy atom. The van der Waals surface area contributed by atoms with E-state index in [2.05, 4.69) is 5.32 Å². The van der Waals surface area contributed by atoms with Gasteiger partial charge in [0, 0.05) is 24.7 Å². The number of nitro groups is 1. The molecule has 1 aliphatic rings. The Hall–Kier alpha value is -2.93. The van der Waals surface area contributed by atoms with E-state index < -0.39 is 4.92 Å². The Morgan fingerprint density at radius 3 is 2.54 bits per heavy atom. The molecule has 0 saturated carbocycles. The standard InChI is InChI=1S/C19H21N3O4/c1-14(15-5-3-2-4-6-15)20-19(23)16-7-8-17(18(13-16)22(24)25)21-9-11-26-12-10-21/h2-8,13-14H,9-12H2,1H3,(H,20,23)/t14-/m1/s1. The molecule has 1 heterocycles. The summed E-state index contributed by atoms with van der Waals surface area (Å²) < 4.78 is 5.29. The predicted octanol–water partition coefficient (Wildman–Crippen LogP) is 2.92. The van der Waals surface area contributed by atoms with Crippen molar-refractivity contribution in [3.8, 4) is 0 Å². The molecule has 136 valence electrons. The molecule has 1 saturated heterocycles. The van der Waals surface area contributed by atoms with Crippen molar-refractivity contribution in [1.29, 1.82) is 0 Å². The van der Waals surface area contributed by atoms with Crippen molar-refractivity contribution < 1.29 is 14.5 Å². The molecular formula is C19H21N3O4. The van der Waals surface area contributed by atoms with Gasteiger partial charge in [-0.1, -0.05) is 30.3 Å². The number of amides is 1. The molecule has 0 spiro atoms. The van der Waals surface area contributed by atoms with Gasteiger partial charge in [-0.05, 0) is 24.6 Å². The minimum Gasteiger partial charge on any atom is -0.378 e. The molecule has 1 fully saturated rings. The number of hydrogen-bond acceptors (Lipinski definition) is 5. The number of morpholine rings is 1. The summed E-state index contributed by atoms with van der Waals surface area (Å²) in [4.78, 5) is 25.5. The summed E-state index contributed by atoms with van der Waals surface area (Å²) in [6.45, 7) is 4.14. The Balaban J connectivity index is 1.80. The van der Waals surface area contributed by atoms with Crippen LogP contribution >= 0.6 is 0 Å². The van der Waals surface area contributed by atoms with Crippen molar-refractivity contribution in [3.05, 3.63) is 69.8 Å². The zero-order valence-electron chi connectivity index (χ0n) is 14.6. The highest BCUT2D eigenvalue weighted by Gasteiger charge is 2.23. The van der Waals surface area contributed by atoms with Gasteiger partial charge in [0.25, 0.3) is 11.6 Å². The van der Waals surface area contributed by atoms with Crippen molar-refractivity contribution in [1.82, 2.24) is 5.32 Å². The van der Waals surface area contributed by atoms with E-state index in [1.807, 2.05) is 42.2 Å². The molecule has 26 heavy (non-hydrogen) atoms. The Kier molecular flexibility index (Phi) is 5.48. The van der Waals surface area contributed by atoms with Gasteiger partial charge in [0.05, 0.1) is 24.2 Å². The molecule has 0 bridgehead atoms. The summed E-state index contributed by atoms with van der Waals surface area (Å²) in [6, 6.07) is 14.0. The molecule has 7 nitrogen and oxygen atoms in total. The second-order valence-electron chi connectivity index (χ2n) is 6.17. The van der Waals surface area contributed by atoms with Crippen molar-refractivity contribution >= 4 is 17.3 Å². The van der Waals surface area contributed by atoms with Crippen LogP contribution in [0.1, 0.15) is 28.9 Å². The number of anilines is 1. The zero-order chi connectivity index (χ0) is 18.5. The zero-order valence-corrected chi connectivity index (χ0v) is 14.6. The number of benzene rings is 2. The first-order valence-electron chi connectivity index (χ1n) is 8.53. The minimum atomic E-state index is -0.442. The fourth-order valence-corrected chi connectivity index (χ4v) is 2.99. The van der Waals surface area contributed by atoms with E-state index in [4.69, 9.17) is 4.74 Å². The molecule has 1 amide bonds. The second kappa shape index (κ2) is 7.97. The van der Waals surface area contributed by atoms with Crippen molar-refractivity contribution in [2.24, 2.45) is 0 Å². The van der Waals surface area contributed by atoms with E-state index in [0.717, 1.165) is 5.56 Å². The predicted molar refractivity (Wildman–Crippen MR) is 98.5 cm³/mol. The van der Waals surface area contributed by atoms with Crippen molar-refractivity contribution in [2.45, 2.75) is 13.0 Å². The number of carbonyl (C=O) groups excluding carboxylic acids is 1. The molecule has 0 aliphatic carbocycles. The fraction of sp³-hybridized carbons (Fsp3) is 0.316. The second-order valence-corrected chi connectivity index (χ2v) is 6.17. The Labute approximate surface area is 151 Å². The molecule has 1 N–H and O–H groups in total. The Morgan fingerprint density at radius 2 is 1.88 bits per heavy atom. The average Bonchev–Trinajstić information content (AvgIpc) is 2.68. The molecule has 1 aliphatic heterocycles. The summed E-state index contributed by atoms with van der Waals surface area (Å²) in [5, 5.41) is 14.4. The highest BCUT2D eigenvalue weighted by atomic mass is 16.6. The molecular weight excluding hydrogens is 334 g/mol. The summed E-state index contributed by atoms with van der Waals surface area (Å²) >= 11 is 0. The van der Waals surface area contributed by atoms with Crippen LogP contribution < -0.4 is 10.2 Å². The van der Waals surface area contributed by atoms with Gasteiger partial charge in [-0.25, -0.2) is 0 Å². The highest BCUT2D eigenvalue weighted by molar-refractivity contribution is 5.96. The lowest BCUT2D eigenvalue weighted by molar-refractivity contribution is -0.384. The SMILES string of the molecule is C[C@@H](NC(=O)c1ccc(N2CCOCC2)c([N+](=O)[O-])c1)c1ccccc1. The third kappa shape index (κ3) is 4.00. The molecule has 2 aromatic rings. The third-order valence-electron chi connectivity index (χ3n) is 4.43. The number of hydrogen-bond donors (Lipinski definition) is 1. The monoisotopic (exact) mass is 355 g/mol. The van der Waals surface area contributed by atoms with Crippen LogP contribution in [-0.4, -0.2) is 37.1 Å². The average molecular weight is 355 g/mol. The molecule has 7 heteroatoms. The number of nitro benzene ring substituents is 1. The van der Waals surface area contributed by atoms with Gasteiger partial charge in [0.15, 0.2) is 0 Å². The first-order chi connectivity index (χ1) is 12.6. The van der Waals surface area contributed by atoms with Gasteiger partial charge in [-0.3, -0.25) is 14.9 Å². The van der Waals surface area contributed by atoms with Crippen molar-refractivity contribution in [2.75, 3.05) is 31.2 Å². The number of carbonyl (C=O) groups is 1. The summed E-state index contributed by atoms with van der Waals surface area (Å²) in [6.07, 6.45) is 0. The van der Waals surface area contributed by atoms with Crippen LogP contribution in [0.25, 0.3) is 0 Å². The van der Waals surface area contributed by atoms with Crippen LogP contribution in [-0.2, 0) is 4.74 Å². The molecule has 2 aromatic carbocycles. The summed E-state index contributed by atoms with van der Waals surface area (Å²) in [7, 11) is 0. The number of nitrogens with one attached hydrogen (secondary N) is 1. The van der Waals surface area contributed by atoms with E-state index in [-0.39, 0.29) is 23.2 Å². The maximum Gasteiger partial charge on any atom is 0.293 e. The van der Waals surface area contributed by atoms with Gasteiger partial charge in [0.1, 0.15) is 5.69 Å². The lowest BCUT2D eigenvalue weighted by Gasteiger charge is -2.28. The first-order valence-corrected chi connectivity index (χ1v) is 8.53. The maximum absolute atomic E-state index is 12.5. The van der Waals surface area contributed by atoms with Gasteiger partial charge < -0.3 is 15.0 Å². The van der Waals surface area contributed by atoms with E-state index >= 15 is 0 Å². The Bertz CT molecular complexity index is 789. The van der Waals surface area contributed by atoms with Crippen LogP contribution in [0.3, 0.4) is 0 Å². The largest absolute Gasteiger partial charge is 0.378 e. The number of ether oxygens (including phenoxy) is 1. The van der Waals surface area contributed by atoms with E-state index in [1.54, 1.807) is 12.1 Å². The van der Waals surface area contributed by atoms with E-state index in [1.165, 1.54) is 6.07 Å². The molecule has 0 unspecified atom stereocenters. The number of rotatable bonds is 5. The van der Waals surface area contributed by atoms with Crippen LogP contribution in [0.15, 0.2) is 48.5 Å². The maximum atomic E-state index is 12.5. The van der Waals surface area contributed by atoms with E-state index in [9.17, 15) is 14.9 Å². The van der Waals surface area contributed by atoms with Crippen LogP contribution in [0.5, 0.6) is 0 Å². The quantitative estimate of drug-likeness (QED) is 0.658. The highest BCUT2D eigenvalue weighted by Crippen LogP contribution is 2.30. The topological polar surface area (TPSA) is 84.7 Å². The van der Waals surface area contributed by atoms with Crippen LogP contribution in [0.2, 0.25) is 0 Å². The summed E-state index contributed by atoms with van der Waals surface area (Å²) in [5.41, 5.74) is 1.70. The van der Waals surface area contributed by atoms with Gasteiger partial charge in [-0.2, -0.15) is 0 Å². The normalized spacial score (nSPS) is 15.3. The molecule has 1 atom stereocenters. The van der Waals surface area contributed by atoms with E-state index in [0.29, 0.717) is 32.0 Å². The molecule has 0 aromatic heterocycles. The van der Waals surface area contributed by atoms with Gasteiger partial charge in [-0.15, -0.1) is 0 Å². The fourth-order valence-electron chi connectivity index (χ4n) is 2.99. The summed E-state index contributed by atoms with van der Waals surface area (Å²) in [5.74, 6) is -0.335. The molecule has 0 radical (unpaired) electrons. The lowest BCUT2D eigenvalue weighted by atomic mass is 10.1. The minimum absolute atomic E-state index is 0.0630. The smallest absolute Gasteiger partial charge is 0.293 e. The first kappa shape index (κ1) is 17.9. The third-order valence-corrected chi connectivity index (χ3v) is 4.43. The van der Waals surface area contributed by atoms with Gasteiger partial charge in [0.2, 0.25) is 0 Å². The number of nitrogens with zero attached hydrogens (tertiary/aromatic N) is 2. The van der Waals surface area contributed by atoms with Crippen LogP contribution in [0.4, 0.5) is 11.4 Å². The van der Waals surface area contributed by atoms with Crippen molar-refractivity contribution in [3.63, 3.8) is 0 Å². The van der Waals surface area contributed by atoms with Gasteiger partial charge >= 0.3 is 0 Å². The van der Waals surface area contributed by atoms with Crippen LogP contribution in [0, 0.1) is 10.1 Å². The lowest BCUT2D eigenvalue weighted by Crippen LogP contribution is -2.36.